The van der Waals surface area contributed by atoms with Crippen molar-refractivity contribution in [2.45, 2.75) is 11.8 Å². The van der Waals surface area contributed by atoms with E-state index in [1.54, 1.807) is 12.1 Å². The van der Waals surface area contributed by atoms with Crippen LogP contribution in [-0.4, -0.2) is 42.0 Å². The number of aliphatic hydroxyl groups excluding tert-OH is 1. The minimum Gasteiger partial charge on any atom is -0.395 e. The lowest BCUT2D eigenvalue weighted by atomic mass is 10.3. The summed E-state index contributed by atoms with van der Waals surface area (Å²) in [5.74, 6) is 0. The molecule has 4 nitrogen and oxygen atoms in total. The first-order valence-corrected chi connectivity index (χ1v) is 7.23. The second-order valence-electron chi connectivity index (χ2n) is 3.58. The lowest BCUT2D eigenvalue weighted by Crippen LogP contribution is -2.36. The highest BCUT2D eigenvalue weighted by atomic mass is 35.5. The summed E-state index contributed by atoms with van der Waals surface area (Å²) in [5, 5.41) is 12.3. The third-order valence-corrected chi connectivity index (χ3v) is 3.47. The van der Waals surface area contributed by atoms with Crippen LogP contribution in [0.25, 0.3) is 0 Å². The topological polar surface area (TPSA) is 52.6 Å². The Bertz CT molecular complexity index is 415. The fourth-order valence-electron chi connectivity index (χ4n) is 1.50. The Hall–Kier alpha value is -0.910. The number of carbonyl (C=O) groups is 1. The summed E-state index contributed by atoms with van der Waals surface area (Å²) in [4.78, 5) is 14.4. The lowest BCUT2D eigenvalue weighted by Gasteiger charge is -2.21. The molecule has 18 heavy (non-hydrogen) atoms. The zero-order valence-electron chi connectivity index (χ0n) is 10.4. The van der Waals surface area contributed by atoms with Gasteiger partial charge in [-0.2, -0.15) is 0 Å². The van der Waals surface area contributed by atoms with Crippen LogP contribution in [0.2, 0.25) is 5.02 Å². The second-order valence-corrected chi connectivity index (χ2v) is 4.86. The molecule has 0 bridgehead atoms. The van der Waals surface area contributed by atoms with Crippen molar-refractivity contribution in [3.8, 4) is 0 Å². The molecule has 0 unspecified atom stereocenters. The Balaban J connectivity index is 2.82. The van der Waals surface area contributed by atoms with Gasteiger partial charge in [0.25, 0.3) is 0 Å². The van der Waals surface area contributed by atoms with E-state index in [-0.39, 0.29) is 12.6 Å². The summed E-state index contributed by atoms with van der Waals surface area (Å²) in [6.07, 6.45) is 1.93. The van der Waals surface area contributed by atoms with Crippen LogP contribution in [0.3, 0.4) is 0 Å². The maximum absolute atomic E-state index is 12.0. The Morgan fingerprint density at radius 2 is 2.28 bits per heavy atom. The van der Waals surface area contributed by atoms with Crippen LogP contribution >= 0.6 is 23.4 Å². The van der Waals surface area contributed by atoms with Gasteiger partial charge >= 0.3 is 6.03 Å². The van der Waals surface area contributed by atoms with Crippen molar-refractivity contribution >= 4 is 35.1 Å². The van der Waals surface area contributed by atoms with Crippen LogP contribution in [0.5, 0.6) is 0 Å². The zero-order valence-corrected chi connectivity index (χ0v) is 12.0. The molecule has 0 spiro atoms. The molecule has 0 saturated heterocycles. The summed E-state index contributed by atoms with van der Waals surface area (Å²) in [7, 11) is 0. The van der Waals surface area contributed by atoms with Crippen molar-refractivity contribution < 1.29 is 9.90 Å². The average molecular weight is 289 g/mol. The molecule has 0 heterocycles. The number of halogens is 1. The van der Waals surface area contributed by atoms with Crippen LogP contribution < -0.4 is 5.32 Å². The minimum atomic E-state index is -0.232. The van der Waals surface area contributed by atoms with Crippen molar-refractivity contribution in [2.24, 2.45) is 0 Å². The molecule has 0 fully saturated rings. The number of aliphatic hydroxyl groups is 1. The summed E-state index contributed by atoms with van der Waals surface area (Å²) in [5.41, 5.74) is 0.691. The maximum Gasteiger partial charge on any atom is 0.321 e. The molecule has 0 saturated carbocycles. The normalized spacial score (nSPS) is 10.2. The Morgan fingerprint density at radius 1 is 1.56 bits per heavy atom. The molecule has 0 aliphatic rings. The van der Waals surface area contributed by atoms with E-state index in [0.717, 1.165) is 4.90 Å². The van der Waals surface area contributed by atoms with Gasteiger partial charge in [-0.25, -0.2) is 4.79 Å². The zero-order chi connectivity index (χ0) is 13.5. The number of nitrogens with zero attached hydrogens (tertiary/aromatic N) is 1. The minimum absolute atomic E-state index is 0.0494. The number of hydrogen-bond acceptors (Lipinski definition) is 3. The number of rotatable bonds is 5. The number of thioether (sulfide) groups is 1. The van der Waals surface area contributed by atoms with Gasteiger partial charge < -0.3 is 15.3 Å². The molecule has 1 rings (SSSR count). The van der Waals surface area contributed by atoms with E-state index in [2.05, 4.69) is 5.32 Å². The first kappa shape index (κ1) is 15.1. The average Bonchev–Trinajstić information content (AvgIpc) is 2.36. The molecule has 0 aromatic heterocycles. The van der Waals surface area contributed by atoms with Gasteiger partial charge in [-0.15, -0.1) is 11.8 Å². The van der Waals surface area contributed by atoms with E-state index in [4.69, 9.17) is 16.7 Å². The predicted octanol–water partition coefficient (Wildman–Crippen LogP) is 2.91. The number of hydrogen-bond donors (Lipinski definition) is 2. The molecular weight excluding hydrogens is 272 g/mol. The molecular formula is C12H17ClN2O2S. The molecule has 2 N–H and O–H groups in total. The van der Waals surface area contributed by atoms with Crippen LogP contribution in [-0.2, 0) is 0 Å². The first-order valence-electron chi connectivity index (χ1n) is 5.62. The highest BCUT2D eigenvalue weighted by Crippen LogP contribution is 2.28. The van der Waals surface area contributed by atoms with Crippen molar-refractivity contribution in [1.82, 2.24) is 4.90 Å². The van der Waals surface area contributed by atoms with Crippen LogP contribution in [0.1, 0.15) is 6.92 Å². The largest absolute Gasteiger partial charge is 0.395 e. The van der Waals surface area contributed by atoms with Gasteiger partial charge in [-0.1, -0.05) is 11.6 Å². The molecule has 1 aromatic carbocycles. The van der Waals surface area contributed by atoms with Crippen LogP contribution in [0, 0.1) is 0 Å². The van der Waals surface area contributed by atoms with Crippen molar-refractivity contribution in [2.75, 3.05) is 31.3 Å². The molecule has 100 valence electrons. The van der Waals surface area contributed by atoms with E-state index in [1.807, 2.05) is 19.2 Å². The number of nitrogens with one attached hydrogen (secondary N) is 1. The molecule has 1 aromatic rings. The Kier molecular flexibility index (Phi) is 6.32. The maximum atomic E-state index is 12.0. The molecule has 0 aliphatic carbocycles. The van der Waals surface area contributed by atoms with Gasteiger partial charge in [0.15, 0.2) is 0 Å². The Labute approximate surface area is 116 Å². The second kappa shape index (κ2) is 7.51. The number of anilines is 1. The number of likely N-dealkylation sites (N-methyl/N-ethyl adjacent to an activating group) is 1. The van der Waals surface area contributed by atoms with Gasteiger partial charge in [0.1, 0.15) is 0 Å². The SMILES string of the molecule is CCN(CCO)C(=O)Nc1cc(Cl)ccc1SC. The summed E-state index contributed by atoms with van der Waals surface area (Å²) in [6.45, 7) is 2.67. The Morgan fingerprint density at radius 3 is 2.83 bits per heavy atom. The van der Waals surface area contributed by atoms with E-state index in [1.165, 1.54) is 16.7 Å². The van der Waals surface area contributed by atoms with Crippen molar-refractivity contribution in [3.63, 3.8) is 0 Å². The summed E-state index contributed by atoms with van der Waals surface area (Å²) >= 11 is 7.46. The van der Waals surface area contributed by atoms with E-state index < -0.39 is 0 Å². The van der Waals surface area contributed by atoms with Gasteiger partial charge in [-0.3, -0.25) is 0 Å². The summed E-state index contributed by atoms with van der Waals surface area (Å²) < 4.78 is 0. The summed E-state index contributed by atoms with van der Waals surface area (Å²) in [6, 6.07) is 5.14. The molecule has 0 radical (unpaired) electrons. The first-order chi connectivity index (χ1) is 8.62. The van der Waals surface area contributed by atoms with Gasteiger partial charge in [0.2, 0.25) is 0 Å². The van der Waals surface area contributed by atoms with Crippen LogP contribution in [0.15, 0.2) is 23.1 Å². The highest BCUT2D eigenvalue weighted by Gasteiger charge is 2.13. The molecule has 0 atom stereocenters. The number of carbonyl (C=O) groups excluding carboxylic acids is 1. The van der Waals surface area contributed by atoms with E-state index in [0.29, 0.717) is 23.8 Å². The number of amides is 2. The fraction of sp³-hybridized carbons (Fsp3) is 0.417. The smallest absolute Gasteiger partial charge is 0.321 e. The number of urea groups is 1. The van der Waals surface area contributed by atoms with Gasteiger partial charge in [0, 0.05) is 23.0 Å². The standard InChI is InChI=1S/C12H17ClN2O2S/c1-3-15(6-7-16)12(17)14-10-8-9(13)4-5-11(10)18-2/h4-5,8,16H,3,6-7H2,1-2H3,(H,14,17). The molecule has 6 heteroatoms. The molecule has 0 aliphatic heterocycles. The van der Waals surface area contributed by atoms with Gasteiger partial charge in [-0.05, 0) is 31.4 Å². The number of benzene rings is 1. The third-order valence-electron chi connectivity index (χ3n) is 2.44. The molecule has 2 amide bonds. The monoisotopic (exact) mass is 288 g/mol. The third kappa shape index (κ3) is 4.08. The fourth-order valence-corrected chi connectivity index (χ4v) is 2.20. The van der Waals surface area contributed by atoms with E-state index in [9.17, 15) is 4.79 Å². The van der Waals surface area contributed by atoms with Crippen LogP contribution in [0.4, 0.5) is 10.5 Å². The quantitative estimate of drug-likeness (QED) is 0.819. The predicted molar refractivity (Wildman–Crippen MR) is 76.6 cm³/mol. The van der Waals surface area contributed by atoms with E-state index >= 15 is 0 Å². The van der Waals surface area contributed by atoms with Crippen molar-refractivity contribution in [1.29, 1.82) is 0 Å². The lowest BCUT2D eigenvalue weighted by molar-refractivity contribution is 0.192. The van der Waals surface area contributed by atoms with Gasteiger partial charge in [0.05, 0.1) is 12.3 Å². The van der Waals surface area contributed by atoms with Crippen molar-refractivity contribution in [3.05, 3.63) is 23.2 Å². The highest BCUT2D eigenvalue weighted by molar-refractivity contribution is 7.98.